The molecule has 0 amide bonds. The minimum Gasteiger partial charge on any atom is -0.133 e. The van der Waals surface area contributed by atoms with Crippen molar-refractivity contribution < 1.29 is 0 Å². The normalized spacial score (nSPS) is 10.9. The molecule has 0 saturated heterocycles. The maximum absolute atomic E-state index is 2.86. The molecule has 0 N–H and O–H groups in total. The van der Waals surface area contributed by atoms with Crippen LogP contribution in [0.25, 0.3) is 111 Å². The van der Waals surface area contributed by atoms with Gasteiger partial charge in [0.2, 0.25) is 0 Å². The van der Waals surface area contributed by atoms with Crippen molar-refractivity contribution in [1.29, 1.82) is 0 Å². The van der Waals surface area contributed by atoms with Crippen LogP contribution in [-0.2, 0) is 92.4 Å². The summed E-state index contributed by atoms with van der Waals surface area (Å²) < 4.78 is 0. The fourth-order valence-electron chi connectivity index (χ4n) is 16.1. The Morgan fingerprint density at radius 3 is 0.706 bits per heavy atom. The van der Waals surface area contributed by atoms with Gasteiger partial charge in [-0.25, -0.2) is 0 Å². The van der Waals surface area contributed by atoms with Gasteiger partial charge in [0, 0.05) is 0 Å². The van der Waals surface area contributed by atoms with Gasteiger partial charge in [-0.3, -0.25) is 0 Å². The Morgan fingerprint density at radius 1 is 0.135 bits per heavy atom. The van der Waals surface area contributed by atoms with E-state index in [1.54, 1.807) is 0 Å². The minimum absolute atomic E-state index is 0.992. The zero-order valence-corrected chi connectivity index (χ0v) is 91.4. The van der Waals surface area contributed by atoms with Crippen molar-refractivity contribution in [3.8, 4) is 111 Å². The summed E-state index contributed by atoms with van der Waals surface area (Å²) in [4.78, 5) is 0. The van der Waals surface area contributed by atoms with E-state index in [4.69, 9.17) is 0 Å². The molecule has 0 aliphatic heterocycles. The van der Waals surface area contributed by atoms with Crippen LogP contribution in [0.1, 0.15) is 117 Å². The van der Waals surface area contributed by atoms with Gasteiger partial charge in [-0.05, 0) is 392 Å². The molecule has 15 unspecified atom stereocenters. The molecule has 0 spiro atoms. The molecule has 0 fully saturated rings. The Balaban J connectivity index is 0.000000153. The van der Waals surface area contributed by atoms with Crippen LogP contribution in [0.15, 0.2) is 297 Å². The first-order valence-corrected chi connectivity index (χ1v) is 55.6. The third kappa shape index (κ3) is 27.0. The van der Waals surface area contributed by atoms with Gasteiger partial charge in [0.1, 0.15) is 0 Å². The van der Waals surface area contributed by atoms with Crippen molar-refractivity contribution in [2.45, 2.75) is 134 Å². The summed E-state index contributed by atoms with van der Waals surface area (Å²) in [6.07, 6.45) is 15.0. The smallest absolute Gasteiger partial charge is 0.0125 e. The van der Waals surface area contributed by atoms with Crippen LogP contribution >= 0.6 is 139 Å². The number of rotatable bonds is 25. The molecule has 0 radical (unpaired) electrons. The first kappa shape index (κ1) is 101. The molecule has 0 nitrogen and oxygen atoms in total. The summed E-state index contributed by atoms with van der Waals surface area (Å²) in [6, 6.07) is 111. The van der Waals surface area contributed by atoms with Crippen LogP contribution in [0.2, 0.25) is 0 Å². The van der Waals surface area contributed by atoms with Crippen LogP contribution in [0.5, 0.6) is 0 Å². The zero-order chi connectivity index (χ0) is 89.9. The van der Waals surface area contributed by atoms with Gasteiger partial charge in [0.25, 0.3) is 0 Å². The van der Waals surface area contributed by atoms with Crippen LogP contribution < -0.4 is 0 Å². The number of aryl methyl sites for hydroxylation is 6. The number of hydrogen-bond acceptors (Lipinski definition) is 0. The third-order valence-electron chi connectivity index (χ3n) is 23.7. The van der Waals surface area contributed by atoms with Gasteiger partial charge in [0.05, 0.1) is 0 Å². The van der Waals surface area contributed by atoms with Crippen molar-refractivity contribution in [2.24, 2.45) is 0 Å². The first-order chi connectivity index (χ1) is 61.2. The highest BCUT2D eigenvalue weighted by Gasteiger charge is 2.16. The largest absolute Gasteiger partial charge is 0.133 e. The molecule has 15 rings (SSSR count). The van der Waals surface area contributed by atoms with Crippen LogP contribution in [0.4, 0.5) is 0 Å². The minimum atomic E-state index is 0.992. The van der Waals surface area contributed by atoms with Crippen LogP contribution in [0.3, 0.4) is 0 Å². The summed E-state index contributed by atoms with van der Waals surface area (Å²) in [5.41, 5.74) is 54.7. The van der Waals surface area contributed by atoms with E-state index in [0.29, 0.717) is 0 Å². The van der Waals surface area contributed by atoms with Gasteiger partial charge in [0.15, 0.2) is 0 Å². The summed E-state index contributed by atoms with van der Waals surface area (Å²) in [6.45, 7) is 13.2. The lowest BCUT2D eigenvalue weighted by molar-refractivity contribution is 1.28. The molecular weight excluding hydrogens is 1800 g/mol. The zero-order valence-electron chi connectivity index (χ0n) is 74.1. The van der Waals surface area contributed by atoms with E-state index < -0.39 is 0 Å². The average Bonchev–Trinajstić information content (AvgIpc) is 0.809. The van der Waals surface area contributed by atoms with Gasteiger partial charge < -0.3 is 0 Å². The maximum atomic E-state index is 2.86. The molecule has 0 bridgehead atoms. The molecule has 0 aromatic heterocycles. The Bertz CT molecular complexity index is 6150. The highest BCUT2D eigenvalue weighted by molar-refractivity contribution is 7.18. The Kier molecular flexibility index (Phi) is 41.1. The van der Waals surface area contributed by atoms with E-state index in [0.717, 1.165) is 92.4 Å². The van der Waals surface area contributed by atoms with Crippen molar-refractivity contribution in [3.63, 3.8) is 0 Å². The highest BCUT2D eigenvalue weighted by Crippen LogP contribution is 2.40. The molecule has 126 heavy (non-hydrogen) atoms. The second-order valence-corrected chi connectivity index (χ2v) is 38.2. The van der Waals surface area contributed by atoms with Gasteiger partial charge in [-0.2, -0.15) is 0 Å². The molecular formula is C111H127P15. The van der Waals surface area contributed by atoms with Gasteiger partial charge in [-0.1, -0.05) is 267 Å². The quantitative estimate of drug-likeness (QED) is 0.0500. The fourth-order valence-corrected chi connectivity index (χ4v) is 21.3. The predicted molar refractivity (Wildman–Crippen MR) is 616 cm³/mol. The first-order valence-electron chi connectivity index (χ1n) is 43.3. The Morgan fingerprint density at radius 2 is 0.357 bits per heavy atom. The Labute approximate surface area is 791 Å². The van der Waals surface area contributed by atoms with Crippen LogP contribution in [0, 0.1) is 41.5 Å². The molecule has 15 heteroatoms. The van der Waals surface area contributed by atoms with E-state index in [9.17, 15) is 0 Å². The molecule has 0 aliphatic carbocycles. The van der Waals surface area contributed by atoms with E-state index in [2.05, 4.69) is 477 Å². The van der Waals surface area contributed by atoms with E-state index in [1.165, 1.54) is 228 Å². The van der Waals surface area contributed by atoms with Crippen molar-refractivity contribution in [2.75, 3.05) is 0 Å². The molecule has 0 heterocycles. The molecule has 0 aliphatic rings. The molecule has 0 saturated carbocycles. The van der Waals surface area contributed by atoms with Crippen molar-refractivity contribution in [1.82, 2.24) is 0 Å². The lowest BCUT2D eigenvalue weighted by atomic mass is 9.92. The molecule has 646 valence electrons. The summed E-state index contributed by atoms with van der Waals surface area (Å²) in [7, 11) is 42.4. The molecule has 15 aromatic rings. The number of hydrogen-bond donors (Lipinski definition) is 0. The lowest BCUT2D eigenvalue weighted by Crippen LogP contribution is -1.92. The average molecular weight is 1930 g/mol. The van der Waals surface area contributed by atoms with Crippen molar-refractivity contribution >= 4 is 139 Å². The summed E-state index contributed by atoms with van der Waals surface area (Å²) in [5, 5.41) is 0. The second-order valence-electron chi connectivity index (χ2n) is 32.1. The van der Waals surface area contributed by atoms with Crippen LogP contribution in [-0.4, -0.2) is 0 Å². The fraction of sp³-hybridized carbons (Fsp3) is 0.189. The lowest BCUT2D eigenvalue weighted by Gasteiger charge is -2.14. The predicted octanol–water partition coefficient (Wildman–Crippen LogP) is 32.6. The monoisotopic (exact) mass is 1920 g/mol. The summed E-state index contributed by atoms with van der Waals surface area (Å²) in [5.74, 6) is 0. The third-order valence-corrected chi connectivity index (χ3v) is 30.5. The molecule has 15 atom stereocenters. The summed E-state index contributed by atoms with van der Waals surface area (Å²) >= 11 is 0. The molecule has 15 aromatic carbocycles. The second kappa shape index (κ2) is 51.1. The highest BCUT2D eigenvalue weighted by atomic mass is 31.0. The SMILES string of the molecule is Cc1cc(-c2ccc(CP)cc2)cc(-c2ccc(CP)c(CP)c2)c1.Cc1cc(CP)ccc1-c1ccc(C)c(-c2ccc(CP)c(CP)c2)c1.Cc1cc(CP)ccc1-c1cccc(-c2ccc(CP)c(CP)c2)c1.Cc1ccc(-c2ccc(CP)c(CP)c2)cc1-c1ccc(CP)cc1.Cc1ccc(-c2ccc(CP)cc2)cc1-c1ccc(CP)c(CP)c1. The maximum Gasteiger partial charge on any atom is -0.0125 e. The van der Waals surface area contributed by atoms with E-state index in [1.807, 2.05) is 0 Å². The standard InChI is InChI=1S/C23H27P3.4C22H25P3/c1-15-3-5-19(22-8-4-17(12-24)9-16(22)2)11-23(15)18-6-7-20(13-25)21(10-18)14-26;1-15-2-5-19(18-8-9-20(13-24)21(10-18)14-25)11-22(15)17-6-3-16(12-23)4-7-17;1-15-2-5-18(17-6-3-16(12-23)4-7-17)11-22(15)19-8-9-20(13-24)21(10-19)14-25;1-15-8-20(17-4-2-16(12-23)3-5-17)11-21(9-15)18-6-7-19(13-24)22(10-18)14-25;1-15-9-16(12-23)5-8-22(15)19-4-2-3-17(10-19)18-6-7-20(13-24)21(11-18)14-25/h3-11H,12-14,24-26H2,1-2H3;4*2-11H,12-14,23-25H2,1H3. The Hall–Kier alpha value is -5.25. The number of benzene rings is 15. The van der Waals surface area contributed by atoms with Gasteiger partial charge >= 0.3 is 0 Å². The van der Waals surface area contributed by atoms with E-state index >= 15 is 0 Å². The van der Waals surface area contributed by atoms with E-state index in [-0.39, 0.29) is 0 Å². The van der Waals surface area contributed by atoms with Crippen molar-refractivity contribution in [3.05, 3.63) is 414 Å². The topological polar surface area (TPSA) is 0 Å². The van der Waals surface area contributed by atoms with Gasteiger partial charge in [-0.15, -0.1) is 139 Å².